The topological polar surface area (TPSA) is 109 Å². The minimum absolute atomic E-state index is 0.0898. The summed E-state index contributed by atoms with van der Waals surface area (Å²) in [6, 6.07) is 11.0. The van der Waals surface area contributed by atoms with E-state index in [9.17, 15) is 18.0 Å². The number of hydrogen-bond donors (Lipinski definition) is 2. The molecule has 2 aromatic carbocycles. The van der Waals surface area contributed by atoms with Crippen LogP contribution in [0.3, 0.4) is 0 Å². The van der Waals surface area contributed by atoms with Crippen molar-refractivity contribution in [2.75, 3.05) is 13.7 Å². The second kappa shape index (κ2) is 9.89. The highest BCUT2D eigenvalue weighted by atomic mass is 79.9. The van der Waals surface area contributed by atoms with Crippen molar-refractivity contribution in [2.24, 2.45) is 0 Å². The van der Waals surface area contributed by atoms with Gasteiger partial charge in [0.2, 0.25) is 15.6 Å². The van der Waals surface area contributed by atoms with Gasteiger partial charge in [0.25, 0.3) is 5.91 Å². The second-order valence-electron chi connectivity index (χ2n) is 8.35. The zero-order valence-electron chi connectivity index (χ0n) is 18.9. The number of sulfonamides is 1. The molecule has 10 heteroatoms. The second-order valence-corrected chi connectivity index (χ2v) is 11.2. The number of carbonyl (C=O) groups is 1. The number of pyridine rings is 1. The smallest absolute Gasteiger partial charge is 0.252 e. The van der Waals surface area contributed by atoms with E-state index in [1.165, 1.54) is 28.6 Å². The maximum absolute atomic E-state index is 13.3. The molecule has 2 N–H and O–H groups in total. The molecule has 0 spiro atoms. The average Bonchev–Trinajstić information content (AvgIpc) is 2.81. The Hall–Kier alpha value is -2.69. The van der Waals surface area contributed by atoms with Gasteiger partial charge in [0.05, 0.1) is 17.6 Å². The number of methoxy groups -OCH3 is 1. The summed E-state index contributed by atoms with van der Waals surface area (Å²) < 4.78 is 34.4. The van der Waals surface area contributed by atoms with Gasteiger partial charge in [-0.1, -0.05) is 22.4 Å². The number of H-pyrrole nitrogens is 1. The number of piperidine rings is 1. The third kappa shape index (κ3) is 4.89. The Balaban J connectivity index is 1.69. The number of rotatable bonds is 6. The molecule has 4 rings (SSSR count). The minimum Gasteiger partial charge on any atom is -0.496 e. The van der Waals surface area contributed by atoms with Crippen LogP contribution in [0.25, 0.3) is 10.9 Å². The molecule has 0 unspecified atom stereocenters. The Morgan fingerprint density at radius 3 is 2.74 bits per heavy atom. The van der Waals surface area contributed by atoms with Crippen molar-refractivity contribution in [1.82, 2.24) is 14.6 Å². The SMILES string of the molecule is COc1ccc(Br)cc1CNC(=O)c1cc(=O)[nH]c2ccc(S(=O)(=O)N3CCCC[C@@H]3C)cc12. The van der Waals surface area contributed by atoms with Crippen molar-refractivity contribution < 1.29 is 17.9 Å². The molecule has 180 valence electrons. The van der Waals surface area contributed by atoms with E-state index in [4.69, 9.17) is 4.74 Å². The lowest BCUT2D eigenvalue weighted by Gasteiger charge is -2.32. The number of carbonyl (C=O) groups excluding carboxylic acids is 1. The van der Waals surface area contributed by atoms with Crippen molar-refractivity contribution in [3.63, 3.8) is 0 Å². The quantitative estimate of drug-likeness (QED) is 0.488. The maximum Gasteiger partial charge on any atom is 0.252 e. The first-order valence-electron chi connectivity index (χ1n) is 11.0. The van der Waals surface area contributed by atoms with Gasteiger partial charge in [0.1, 0.15) is 5.75 Å². The van der Waals surface area contributed by atoms with E-state index in [2.05, 4.69) is 26.2 Å². The summed E-state index contributed by atoms with van der Waals surface area (Å²) in [5, 5.41) is 3.18. The van der Waals surface area contributed by atoms with Crippen LogP contribution < -0.4 is 15.6 Å². The molecule has 1 fully saturated rings. The molecule has 34 heavy (non-hydrogen) atoms. The van der Waals surface area contributed by atoms with E-state index in [1.807, 2.05) is 19.1 Å². The lowest BCUT2D eigenvalue weighted by Crippen LogP contribution is -2.41. The van der Waals surface area contributed by atoms with E-state index in [0.29, 0.717) is 23.2 Å². The first kappa shape index (κ1) is 24.4. The maximum atomic E-state index is 13.3. The van der Waals surface area contributed by atoms with Crippen LogP contribution in [0, 0.1) is 0 Å². The number of nitrogens with zero attached hydrogens (tertiary/aromatic N) is 1. The van der Waals surface area contributed by atoms with Crippen molar-refractivity contribution in [3.8, 4) is 5.75 Å². The Kier molecular flexibility index (Phi) is 7.11. The largest absolute Gasteiger partial charge is 0.496 e. The minimum atomic E-state index is -3.74. The molecule has 1 amide bonds. The van der Waals surface area contributed by atoms with Crippen LogP contribution in [0.1, 0.15) is 42.1 Å². The number of aromatic nitrogens is 1. The summed E-state index contributed by atoms with van der Waals surface area (Å²) in [6.07, 6.45) is 2.63. The van der Waals surface area contributed by atoms with Crippen LogP contribution in [0.2, 0.25) is 0 Å². The van der Waals surface area contributed by atoms with Gasteiger partial charge in [-0.3, -0.25) is 9.59 Å². The van der Waals surface area contributed by atoms with E-state index in [-0.39, 0.29) is 23.0 Å². The lowest BCUT2D eigenvalue weighted by atomic mass is 10.1. The normalized spacial score (nSPS) is 17.0. The number of hydrogen-bond acceptors (Lipinski definition) is 5. The molecular weight excluding hydrogens is 522 g/mol. The van der Waals surface area contributed by atoms with E-state index >= 15 is 0 Å². The zero-order chi connectivity index (χ0) is 24.5. The predicted molar refractivity (Wildman–Crippen MR) is 134 cm³/mol. The van der Waals surface area contributed by atoms with Gasteiger partial charge in [0.15, 0.2) is 0 Å². The fourth-order valence-corrected chi connectivity index (χ4v) is 6.44. The number of amides is 1. The van der Waals surface area contributed by atoms with Gasteiger partial charge < -0.3 is 15.0 Å². The number of benzene rings is 2. The highest BCUT2D eigenvalue weighted by Gasteiger charge is 2.31. The molecule has 1 saturated heterocycles. The van der Waals surface area contributed by atoms with Crippen molar-refractivity contribution in [2.45, 2.75) is 43.7 Å². The number of nitrogens with one attached hydrogen (secondary N) is 2. The molecule has 0 bridgehead atoms. The van der Waals surface area contributed by atoms with Gasteiger partial charge in [-0.2, -0.15) is 4.31 Å². The molecule has 1 aliphatic rings. The van der Waals surface area contributed by atoms with Crippen molar-refractivity contribution in [3.05, 3.63) is 68.4 Å². The van der Waals surface area contributed by atoms with Gasteiger partial charge >= 0.3 is 0 Å². The summed E-state index contributed by atoms with van der Waals surface area (Å²) in [7, 11) is -2.19. The fraction of sp³-hybridized carbons (Fsp3) is 0.333. The Morgan fingerprint density at radius 2 is 2.00 bits per heavy atom. The van der Waals surface area contributed by atoms with Crippen LogP contribution >= 0.6 is 15.9 Å². The standard InChI is InChI=1S/C24H26BrN3O5S/c1-15-5-3-4-10-28(15)34(31,32)18-7-8-21-19(12-18)20(13-23(29)27-21)24(30)26-14-16-11-17(25)6-9-22(16)33-2/h6-9,11-13,15H,3-5,10,14H2,1-2H3,(H,26,30)(H,27,29)/t15-/m0/s1. The van der Waals surface area contributed by atoms with Crippen LogP contribution in [-0.4, -0.2) is 43.3 Å². The predicted octanol–water partition coefficient (Wildman–Crippen LogP) is 3.79. The highest BCUT2D eigenvalue weighted by molar-refractivity contribution is 9.10. The Bertz CT molecular complexity index is 1400. The number of ether oxygens (including phenoxy) is 1. The molecular formula is C24H26BrN3O5S. The molecule has 8 nitrogen and oxygen atoms in total. The van der Waals surface area contributed by atoms with Gasteiger partial charge in [-0.05, 0) is 56.2 Å². The molecule has 1 aromatic heterocycles. The molecule has 1 atom stereocenters. The molecule has 3 aromatic rings. The molecule has 2 heterocycles. The zero-order valence-corrected chi connectivity index (χ0v) is 21.3. The first-order valence-corrected chi connectivity index (χ1v) is 13.2. The van der Waals surface area contributed by atoms with Crippen LogP contribution in [0.4, 0.5) is 0 Å². The molecule has 0 saturated carbocycles. The number of halogens is 1. The Morgan fingerprint density at radius 1 is 1.21 bits per heavy atom. The summed E-state index contributed by atoms with van der Waals surface area (Å²) in [6.45, 7) is 2.54. The van der Waals surface area contributed by atoms with Crippen molar-refractivity contribution >= 4 is 42.8 Å². The van der Waals surface area contributed by atoms with E-state index < -0.39 is 21.5 Å². The van der Waals surface area contributed by atoms with Crippen LogP contribution in [-0.2, 0) is 16.6 Å². The van der Waals surface area contributed by atoms with E-state index in [0.717, 1.165) is 29.3 Å². The summed E-state index contributed by atoms with van der Waals surface area (Å²) in [5.41, 5.74) is 0.805. The first-order chi connectivity index (χ1) is 16.2. The third-order valence-electron chi connectivity index (χ3n) is 6.09. The van der Waals surface area contributed by atoms with Gasteiger partial charge in [0, 0.05) is 46.1 Å². The monoisotopic (exact) mass is 547 g/mol. The van der Waals surface area contributed by atoms with Crippen molar-refractivity contribution in [1.29, 1.82) is 0 Å². The lowest BCUT2D eigenvalue weighted by molar-refractivity contribution is 0.0952. The number of fused-ring (bicyclic) bond motifs is 1. The summed E-state index contributed by atoms with van der Waals surface area (Å²) in [5.74, 6) is 0.127. The van der Waals surface area contributed by atoms with Crippen LogP contribution in [0.15, 0.2) is 56.6 Å². The summed E-state index contributed by atoms with van der Waals surface area (Å²) >= 11 is 3.41. The molecule has 0 aliphatic carbocycles. The summed E-state index contributed by atoms with van der Waals surface area (Å²) in [4.78, 5) is 28.1. The van der Waals surface area contributed by atoms with Crippen LogP contribution in [0.5, 0.6) is 5.75 Å². The van der Waals surface area contributed by atoms with Gasteiger partial charge in [-0.25, -0.2) is 8.42 Å². The molecule has 1 aliphatic heterocycles. The molecule has 0 radical (unpaired) electrons. The van der Waals surface area contributed by atoms with E-state index in [1.54, 1.807) is 13.2 Å². The van der Waals surface area contributed by atoms with Gasteiger partial charge in [-0.15, -0.1) is 0 Å². The average molecular weight is 548 g/mol. The fourth-order valence-electron chi connectivity index (χ4n) is 4.30. The Labute approximate surface area is 206 Å². The third-order valence-corrected chi connectivity index (χ3v) is 8.59. The number of aromatic amines is 1. The highest BCUT2D eigenvalue weighted by Crippen LogP contribution is 2.28.